The van der Waals surface area contributed by atoms with Gasteiger partial charge in [0.05, 0.1) is 5.41 Å². The minimum atomic E-state index is -0.716. The van der Waals surface area contributed by atoms with Crippen LogP contribution in [0.4, 0.5) is 5.69 Å². The van der Waals surface area contributed by atoms with Crippen LogP contribution in [0.2, 0.25) is 0 Å². The normalized spacial score (nSPS) is 16.8. The molecule has 4 heteroatoms. The number of anilines is 1. The number of hydrogen-bond acceptors (Lipinski definition) is 3. The lowest BCUT2D eigenvalue weighted by Gasteiger charge is -2.39. The average molecular weight is 289 g/mol. The second kappa shape index (κ2) is 5.88. The molecule has 4 nitrogen and oxygen atoms in total. The summed E-state index contributed by atoms with van der Waals surface area (Å²) < 4.78 is 0. The number of carbonyl (C=O) groups is 2. The third-order valence-corrected chi connectivity index (χ3v) is 4.71. The van der Waals surface area contributed by atoms with Gasteiger partial charge in [0.2, 0.25) is 0 Å². The molecule has 1 aliphatic rings. The Hall–Kier alpha value is -1.84. The van der Waals surface area contributed by atoms with E-state index < -0.39 is 11.4 Å². The third kappa shape index (κ3) is 3.26. The largest absolute Gasteiger partial charge is 0.481 e. The van der Waals surface area contributed by atoms with E-state index in [0.717, 1.165) is 37.2 Å². The van der Waals surface area contributed by atoms with Crippen LogP contribution in [-0.4, -0.2) is 29.9 Å². The van der Waals surface area contributed by atoms with Gasteiger partial charge in [-0.2, -0.15) is 0 Å². The number of benzene rings is 1. The highest BCUT2D eigenvalue weighted by Gasteiger charge is 2.38. The molecule has 0 aliphatic carbocycles. The highest BCUT2D eigenvalue weighted by atomic mass is 16.4. The van der Waals surface area contributed by atoms with Crippen molar-refractivity contribution in [1.29, 1.82) is 0 Å². The zero-order valence-electron chi connectivity index (χ0n) is 12.9. The Morgan fingerprint density at radius 2 is 1.67 bits per heavy atom. The van der Waals surface area contributed by atoms with Crippen LogP contribution in [0.3, 0.4) is 0 Å². The third-order valence-electron chi connectivity index (χ3n) is 4.71. The van der Waals surface area contributed by atoms with Crippen molar-refractivity contribution in [3.63, 3.8) is 0 Å². The molecule has 0 aromatic heterocycles. The van der Waals surface area contributed by atoms with Gasteiger partial charge >= 0.3 is 5.97 Å². The van der Waals surface area contributed by atoms with E-state index in [9.17, 15) is 14.7 Å². The molecule has 1 fully saturated rings. The lowest BCUT2D eigenvalue weighted by Crippen LogP contribution is -2.42. The van der Waals surface area contributed by atoms with E-state index in [-0.39, 0.29) is 11.7 Å². The minimum Gasteiger partial charge on any atom is -0.481 e. The fourth-order valence-electron chi connectivity index (χ4n) is 2.94. The first-order valence-electron chi connectivity index (χ1n) is 7.41. The summed E-state index contributed by atoms with van der Waals surface area (Å²) in [5.41, 5.74) is 1.16. The summed E-state index contributed by atoms with van der Waals surface area (Å²) in [4.78, 5) is 24.9. The molecule has 21 heavy (non-hydrogen) atoms. The van der Waals surface area contributed by atoms with E-state index in [1.54, 1.807) is 6.92 Å². The molecule has 0 bridgehead atoms. The molecule has 1 aromatic rings. The Morgan fingerprint density at radius 3 is 2.10 bits per heavy atom. The first-order chi connectivity index (χ1) is 9.82. The summed E-state index contributed by atoms with van der Waals surface area (Å²) in [5, 5.41) is 9.31. The number of carbonyl (C=O) groups excluding carboxylic acids is 1. The van der Waals surface area contributed by atoms with Crippen LogP contribution in [0.25, 0.3) is 0 Å². The van der Waals surface area contributed by atoms with Gasteiger partial charge in [-0.3, -0.25) is 9.59 Å². The molecule has 0 spiro atoms. The molecular weight excluding hydrogens is 266 g/mol. The SMILES string of the molecule is CC(=O)c1ccc(N2CCC(C(C)(C)C(=O)O)CC2)cc1. The number of nitrogens with zero attached hydrogens (tertiary/aromatic N) is 1. The molecule has 0 atom stereocenters. The molecule has 2 rings (SSSR count). The van der Waals surface area contributed by atoms with Crippen molar-refractivity contribution in [2.24, 2.45) is 11.3 Å². The molecule has 0 amide bonds. The summed E-state index contributed by atoms with van der Waals surface area (Å²) in [5.74, 6) is -0.432. The summed E-state index contributed by atoms with van der Waals surface area (Å²) in [6.45, 7) is 6.92. The van der Waals surface area contributed by atoms with Crippen molar-refractivity contribution in [3.05, 3.63) is 29.8 Å². The van der Waals surface area contributed by atoms with Crippen LogP contribution in [-0.2, 0) is 4.79 Å². The number of piperidine rings is 1. The number of ketones is 1. The standard InChI is InChI=1S/C17H23NO3/c1-12(19)13-4-6-15(7-5-13)18-10-8-14(9-11-18)17(2,3)16(20)21/h4-7,14H,8-11H2,1-3H3,(H,20,21). The maximum atomic E-state index is 11.3. The molecule has 114 valence electrons. The number of rotatable bonds is 4. The fraction of sp³-hybridized carbons (Fsp3) is 0.529. The topological polar surface area (TPSA) is 57.6 Å². The van der Waals surface area contributed by atoms with E-state index in [1.165, 1.54) is 0 Å². The molecular formula is C17H23NO3. The van der Waals surface area contributed by atoms with Crippen molar-refractivity contribution in [2.45, 2.75) is 33.6 Å². The van der Waals surface area contributed by atoms with E-state index in [1.807, 2.05) is 38.1 Å². The van der Waals surface area contributed by atoms with Gasteiger partial charge in [-0.15, -0.1) is 0 Å². The Bertz CT molecular complexity index is 525. The lowest BCUT2D eigenvalue weighted by molar-refractivity contribution is -0.150. The van der Waals surface area contributed by atoms with E-state index >= 15 is 0 Å². The number of Topliss-reactive ketones (excluding diaryl/α,β-unsaturated/α-hetero) is 1. The highest BCUT2D eigenvalue weighted by molar-refractivity contribution is 5.94. The zero-order chi connectivity index (χ0) is 15.6. The molecule has 1 N–H and O–H groups in total. The predicted octanol–water partition coefficient (Wildman–Crippen LogP) is 3.22. The van der Waals surface area contributed by atoms with Crippen molar-refractivity contribution < 1.29 is 14.7 Å². The second-order valence-corrected chi connectivity index (χ2v) is 6.39. The summed E-state index contributed by atoms with van der Waals surface area (Å²) >= 11 is 0. The lowest BCUT2D eigenvalue weighted by atomic mass is 9.73. The van der Waals surface area contributed by atoms with Crippen LogP contribution in [0, 0.1) is 11.3 Å². The summed E-state index contributed by atoms with van der Waals surface area (Å²) in [7, 11) is 0. The van der Waals surface area contributed by atoms with Crippen LogP contribution in [0.5, 0.6) is 0 Å². The highest BCUT2D eigenvalue weighted by Crippen LogP contribution is 2.36. The summed E-state index contributed by atoms with van der Waals surface area (Å²) in [6, 6.07) is 7.65. The van der Waals surface area contributed by atoms with Crippen molar-refractivity contribution >= 4 is 17.4 Å². The Kier molecular flexibility index (Phi) is 4.35. The van der Waals surface area contributed by atoms with Crippen molar-refractivity contribution in [2.75, 3.05) is 18.0 Å². The minimum absolute atomic E-state index is 0.0727. The quantitative estimate of drug-likeness (QED) is 0.865. The number of hydrogen-bond donors (Lipinski definition) is 1. The van der Waals surface area contributed by atoms with Crippen LogP contribution < -0.4 is 4.90 Å². The second-order valence-electron chi connectivity index (χ2n) is 6.39. The van der Waals surface area contributed by atoms with Gasteiger partial charge in [-0.25, -0.2) is 0 Å². The number of aliphatic carboxylic acids is 1. The first kappa shape index (κ1) is 15.5. The molecule has 1 saturated heterocycles. The maximum Gasteiger partial charge on any atom is 0.309 e. The Labute approximate surface area is 125 Å². The van der Waals surface area contributed by atoms with Gasteiger partial charge in [-0.05, 0) is 63.8 Å². The first-order valence-corrected chi connectivity index (χ1v) is 7.41. The molecule has 1 aromatic carbocycles. The zero-order valence-corrected chi connectivity index (χ0v) is 12.9. The van der Waals surface area contributed by atoms with E-state index in [2.05, 4.69) is 4.90 Å². The van der Waals surface area contributed by atoms with E-state index in [0.29, 0.717) is 0 Å². The van der Waals surface area contributed by atoms with Crippen molar-refractivity contribution in [3.8, 4) is 0 Å². The number of carboxylic acid groups (broad SMARTS) is 1. The van der Waals surface area contributed by atoms with E-state index in [4.69, 9.17) is 0 Å². The van der Waals surface area contributed by atoms with Gasteiger partial charge in [0.15, 0.2) is 5.78 Å². The molecule has 0 saturated carbocycles. The van der Waals surface area contributed by atoms with Crippen LogP contribution in [0.15, 0.2) is 24.3 Å². The average Bonchev–Trinajstić information content (AvgIpc) is 2.47. The molecule has 1 aliphatic heterocycles. The maximum absolute atomic E-state index is 11.3. The van der Waals surface area contributed by atoms with Crippen molar-refractivity contribution in [1.82, 2.24) is 0 Å². The van der Waals surface area contributed by atoms with Gasteiger partial charge in [0, 0.05) is 24.3 Å². The molecule has 0 unspecified atom stereocenters. The summed E-state index contributed by atoms with van der Waals surface area (Å²) in [6.07, 6.45) is 1.77. The van der Waals surface area contributed by atoms with Crippen LogP contribution in [0.1, 0.15) is 44.0 Å². The number of carboxylic acids is 1. The smallest absolute Gasteiger partial charge is 0.309 e. The Balaban J connectivity index is 2.01. The monoisotopic (exact) mass is 289 g/mol. The predicted molar refractivity (Wildman–Crippen MR) is 82.8 cm³/mol. The van der Waals surface area contributed by atoms with Gasteiger partial charge < -0.3 is 10.0 Å². The fourth-order valence-corrected chi connectivity index (χ4v) is 2.94. The molecule has 1 heterocycles. The Morgan fingerprint density at radius 1 is 1.14 bits per heavy atom. The van der Waals surface area contributed by atoms with Gasteiger partial charge in [0.25, 0.3) is 0 Å². The van der Waals surface area contributed by atoms with Gasteiger partial charge in [-0.1, -0.05) is 0 Å². The van der Waals surface area contributed by atoms with Crippen LogP contribution >= 0.6 is 0 Å². The van der Waals surface area contributed by atoms with Gasteiger partial charge in [0.1, 0.15) is 0 Å². The molecule has 0 radical (unpaired) electrons.